The van der Waals surface area contributed by atoms with E-state index in [4.69, 9.17) is 21.1 Å². The summed E-state index contributed by atoms with van der Waals surface area (Å²) in [4.78, 5) is 15.6. The zero-order valence-corrected chi connectivity index (χ0v) is 23.1. The van der Waals surface area contributed by atoms with Crippen LogP contribution in [-0.2, 0) is 10.3 Å². The smallest absolute Gasteiger partial charge is 0.340 e. The summed E-state index contributed by atoms with van der Waals surface area (Å²) in [7, 11) is 0. The van der Waals surface area contributed by atoms with Crippen molar-refractivity contribution >= 4 is 34.6 Å². The molecule has 4 aromatic rings. The molecule has 6 heteroatoms. The summed E-state index contributed by atoms with van der Waals surface area (Å²) in [5.74, 6) is 1.05. The summed E-state index contributed by atoms with van der Waals surface area (Å²) in [6.45, 7) is 8.29. The third-order valence-corrected chi connectivity index (χ3v) is 7.95. The van der Waals surface area contributed by atoms with Gasteiger partial charge in [0.05, 0.1) is 5.56 Å². The van der Waals surface area contributed by atoms with Crippen molar-refractivity contribution in [2.75, 3.05) is 23.3 Å². The van der Waals surface area contributed by atoms with Gasteiger partial charge in [-0.3, -0.25) is 0 Å². The molecule has 0 aromatic heterocycles. The number of esters is 1. The standard InChI is InChI=1S/C33H31ClN2O3/c1-4-6-17-36(5-2)24-15-16-27-31(19-24)38-30-18-21(3)29(35-23-13-11-22(34)12-14-23)20-28(30)33(27)26-10-8-7-9-25(26)32(37)39-33/h7-16,18-20,35H,4-6,17H2,1-3H3. The first-order chi connectivity index (χ1) is 18.9. The number of nitrogens with zero attached hydrogens (tertiary/aromatic N) is 1. The van der Waals surface area contributed by atoms with Crippen LogP contribution in [0, 0.1) is 6.92 Å². The Hall–Kier alpha value is -3.96. The van der Waals surface area contributed by atoms with Crippen molar-refractivity contribution in [1.82, 2.24) is 0 Å². The number of aryl methyl sites for hydroxylation is 1. The highest BCUT2D eigenvalue weighted by Gasteiger charge is 2.53. The molecule has 5 nitrogen and oxygen atoms in total. The molecule has 39 heavy (non-hydrogen) atoms. The van der Waals surface area contributed by atoms with Crippen LogP contribution < -0.4 is 15.0 Å². The van der Waals surface area contributed by atoms with Crippen LogP contribution in [0.15, 0.2) is 78.9 Å². The highest BCUT2D eigenvalue weighted by Crippen LogP contribution is 2.57. The minimum Gasteiger partial charge on any atom is -0.456 e. The lowest BCUT2D eigenvalue weighted by Gasteiger charge is -2.38. The molecule has 1 unspecified atom stereocenters. The maximum absolute atomic E-state index is 13.3. The molecule has 0 saturated heterocycles. The molecule has 0 radical (unpaired) electrons. The molecule has 1 spiro atoms. The van der Waals surface area contributed by atoms with Gasteiger partial charge in [-0.25, -0.2) is 4.79 Å². The molecule has 0 fully saturated rings. The molecule has 0 aliphatic carbocycles. The van der Waals surface area contributed by atoms with E-state index in [1.165, 1.54) is 0 Å². The van der Waals surface area contributed by atoms with E-state index in [1.807, 2.05) is 67.6 Å². The number of ether oxygens (including phenoxy) is 2. The van der Waals surface area contributed by atoms with Crippen molar-refractivity contribution in [3.8, 4) is 11.5 Å². The van der Waals surface area contributed by atoms with Crippen LogP contribution in [0.3, 0.4) is 0 Å². The third-order valence-electron chi connectivity index (χ3n) is 7.69. The van der Waals surface area contributed by atoms with Crippen LogP contribution in [0.2, 0.25) is 5.02 Å². The van der Waals surface area contributed by atoms with Crippen molar-refractivity contribution in [2.24, 2.45) is 0 Å². The van der Waals surface area contributed by atoms with Crippen LogP contribution >= 0.6 is 11.6 Å². The minimum atomic E-state index is -1.11. The lowest BCUT2D eigenvalue weighted by molar-refractivity contribution is 0.0224. The first-order valence-corrected chi connectivity index (χ1v) is 13.9. The molecule has 2 aliphatic heterocycles. The van der Waals surface area contributed by atoms with Gasteiger partial charge in [0.25, 0.3) is 0 Å². The zero-order valence-electron chi connectivity index (χ0n) is 22.4. The number of carbonyl (C=O) groups is 1. The van der Waals surface area contributed by atoms with Gasteiger partial charge in [-0.2, -0.15) is 0 Å². The molecule has 4 aromatic carbocycles. The third kappa shape index (κ3) is 4.22. The number of anilines is 3. The van der Waals surface area contributed by atoms with E-state index in [0.717, 1.165) is 65.2 Å². The van der Waals surface area contributed by atoms with Crippen LogP contribution in [0.1, 0.15) is 59.3 Å². The Morgan fingerprint density at radius 2 is 1.67 bits per heavy atom. The Bertz CT molecular complexity index is 1570. The van der Waals surface area contributed by atoms with E-state index in [-0.39, 0.29) is 5.97 Å². The Kier molecular flexibility index (Phi) is 6.48. The van der Waals surface area contributed by atoms with E-state index in [2.05, 4.69) is 42.3 Å². The zero-order chi connectivity index (χ0) is 27.1. The van der Waals surface area contributed by atoms with Crippen molar-refractivity contribution in [3.63, 3.8) is 0 Å². The fourth-order valence-electron chi connectivity index (χ4n) is 5.65. The predicted molar refractivity (Wildman–Crippen MR) is 157 cm³/mol. The van der Waals surface area contributed by atoms with Gasteiger partial charge in [-0.15, -0.1) is 0 Å². The highest BCUT2D eigenvalue weighted by atomic mass is 35.5. The number of hydrogen-bond donors (Lipinski definition) is 1. The highest BCUT2D eigenvalue weighted by molar-refractivity contribution is 6.30. The van der Waals surface area contributed by atoms with E-state index in [1.54, 1.807) is 0 Å². The van der Waals surface area contributed by atoms with Crippen molar-refractivity contribution < 1.29 is 14.3 Å². The van der Waals surface area contributed by atoms with Gasteiger partial charge in [0.2, 0.25) is 0 Å². The lowest BCUT2D eigenvalue weighted by atomic mass is 9.77. The van der Waals surface area contributed by atoms with E-state index < -0.39 is 5.60 Å². The van der Waals surface area contributed by atoms with Crippen molar-refractivity contribution in [3.05, 3.63) is 112 Å². The molecule has 2 aliphatic rings. The van der Waals surface area contributed by atoms with Crippen molar-refractivity contribution in [1.29, 1.82) is 0 Å². The predicted octanol–water partition coefficient (Wildman–Crippen LogP) is 8.59. The number of rotatable bonds is 7. The Morgan fingerprint density at radius 1 is 0.897 bits per heavy atom. The molecule has 0 amide bonds. The molecular formula is C33H31ClN2O3. The summed E-state index contributed by atoms with van der Waals surface area (Å²) in [6.07, 6.45) is 2.25. The quantitative estimate of drug-likeness (QED) is 0.239. The average molecular weight is 539 g/mol. The SMILES string of the molecule is CCCCN(CC)c1ccc2c(c1)Oc1cc(C)c(Nc3ccc(Cl)cc3)cc1C21OC(=O)c2ccccc21. The fourth-order valence-corrected chi connectivity index (χ4v) is 5.77. The first kappa shape index (κ1) is 25.3. The van der Waals surface area contributed by atoms with Crippen LogP contribution in [0.5, 0.6) is 11.5 Å². The lowest BCUT2D eigenvalue weighted by Crippen LogP contribution is -2.33. The number of unbranched alkanes of at least 4 members (excludes halogenated alkanes) is 1. The molecule has 198 valence electrons. The fraction of sp³-hybridized carbons (Fsp3) is 0.242. The van der Waals surface area contributed by atoms with Crippen LogP contribution in [0.4, 0.5) is 17.1 Å². The first-order valence-electron chi connectivity index (χ1n) is 13.5. The normalized spacial score (nSPS) is 16.7. The maximum Gasteiger partial charge on any atom is 0.340 e. The van der Waals surface area contributed by atoms with Gasteiger partial charge in [-0.1, -0.05) is 43.1 Å². The van der Waals surface area contributed by atoms with Gasteiger partial charge < -0.3 is 19.7 Å². The van der Waals surface area contributed by atoms with Gasteiger partial charge in [0.1, 0.15) is 11.5 Å². The van der Waals surface area contributed by atoms with E-state index in [9.17, 15) is 4.79 Å². The molecule has 1 atom stereocenters. The monoisotopic (exact) mass is 538 g/mol. The molecular weight excluding hydrogens is 508 g/mol. The minimum absolute atomic E-state index is 0.334. The van der Waals surface area contributed by atoms with E-state index in [0.29, 0.717) is 22.1 Å². The number of carbonyl (C=O) groups excluding carboxylic acids is 1. The summed E-state index contributed by atoms with van der Waals surface area (Å²) < 4.78 is 13.0. The van der Waals surface area contributed by atoms with Crippen LogP contribution in [0.25, 0.3) is 0 Å². The topological polar surface area (TPSA) is 50.8 Å². The molecule has 6 rings (SSSR count). The summed E-state index contributed by atoms with van der Waals surface area (Å²) in [5.41, 5.74) is 5.82. The second-order valence-electron chi connectivity index (χ2n) is 10.1. The number of nitrogens with one attached hydrogen (secondary N) is 1. The Labute approximate surface area is 234 Å². The number of halogens is 1. The number of benzene rings is 4. The average Bonchev–Trinajstić information content (AvgIpc) is 3.24. The summed E-state index contributed by atoms with van der Waals surface area (Å²) >= 11 is 6.10. The van der Waals surface area contributed by atoms with Gasteiger partial charge >= 0.3 is 5.97 Å². The molecule has 1 N–H and O–H groups in total. The second-order valence-corrected chi connectivity index (χ2v) is 10.6. The van der Waals surface area contributed by atoms with Crippen molar-refractivity contribution in [2.45, 2.75) is 39.2 Å². The summed E-state index contributed by atoms with van der Waals surface area (Å²) in [6, 6.07) is 25.6. The van der Waals surface area contributed by atoms with Gasteiger partial charge in [0.15, 0.2) is 5.60 Å². The van der Waals surface area contributed by atoms with Gasteiger partial charge in [0, 0.05) is 57.9 Å². The molecule has 0 bridgehead atoms. The maximum atomic E-state index is 13.3. The Balaban J connectivity index is 1.53. The Morgan fingerprint density at radius 3 is 2.44 bits per heavy atom. The number of hydrogen-bond acceptors (Lipinski definition) is 5. The summed E-state index contributed by atoms with van der Waals surface area (Å²) in [5, 5.41) is 4.18. The molecule has 0 saturated carbocycles. The van der Waals surface area contributed by atoms with Gasteiger partial charge in [-0.05, 0) is 80.4 Å². The second kappa shape index (κ2) is 9.97. The number of fused-ring (bicyclic) bond motifs is 6. The largest absolute Gasteiger partial charge is 0.456 e. The van der Waals surface area contributed by atoms with E-state index >= 15 is 0 Å². The molecule has 2 heterocycles. The van der Waals surface area contributed by atoms with Crippen LogP contribution in [-0.4, -0.2) is 19.1 Å².